The molecule has 2 aromatic heterocycles. The predicted molar refractivity (Wildman–Crippen MR) is 104 cm³/mol. The highest BCUT2D eigenvalue weighted by molar-refractivity contribution is 7.16. The number of thiazole rings is 1. The Labute approximate surface area is 164 Å². The zero-order valence-corrected chi connectivity index (χ0v) is 16.2. The first-order valence-corrected chi connectivity index (χ1v) is 9.22. The molecule has 2 amide bonds. The van der Waals surface area contributed by atoms with Crippen molar-refractivity contribution in [1.29, 1.82) is 0 Å². The molecule has 0 atom stereocenters. The number of methoxy groups -OCH3 is 1. The van der Waals surface area contributed by atoms with Gasteiger partial charge < -0.3 is 30.8 Å². The minimum Gasteiger partial charge on any atom is -0.444 e. The van der Waals surface area contributed by atoms with Crippen molar-refractivity contribution in [2.75, 3.05) is 32.1 Å². The van der Waals surface area contributed by atoms with E-state index in [0.29, 0.717) is 30.6 Å². The van der Waals surface area contributed by atoms with Crippen LogP contribution in [0, 0.1) is 6.92 Å². The summed E-state index contributed by atoms with van der Waals surface area (Å²) in [6.45, 7) is 3.53. The number of hydrogen-bond donors (Lipinski definition) is 4. The van der Waals surface area contributed by atoms with Crippen molar-refractivity contribution < 1.29 is 18.7 Å². The van der Waals surface area contributed by atoms with Crippen LogP contribution in [-0.2, 0) is 4.74 Å². The Balaban J connectivity index is 1.71. The van der Waals surface area contributed by atoms with Gasteiger partial charge in [-0.05, 0) is 13.0 Å². The van der Waals surface area contributed by atoms with Crippen LogP contribution in [0.25, 0.3) is 5.57 Å². The summed E-state index contributed by atoms with van der Waals surface area (Å²) in [5.74, 6) is -0.101. The van der Waals surface area contributed by atoms with E-state index in [1.54, 1.807) is 14.0 Å². The Bertz CT molecular complexity index is 945. The molecule has 0 unspecified atom stereocenters. The van der Waals surface area contributed by atoms with Crippen molar-refractivity contribution in [3.05, 3.63) is 46.5 Å². The number of dihydropyridines is 1. The van der Waals surface area contributed by atoms with Crippen LogP contribution >= 0.6 is 11.3 Å². The SMILES string of the molecule is COCCNC1=CC(c2nc(C(=O)Nc3sc(C)nc3C(N)=O)co2)=CCN1. The van der Waals surface area contributed by atoms with Gasteiger partial charge in [0.15, 0.2) is 11.4 Å². The number of nitrogens with one attached hydrogen (secondary N) is 3. The summed E-state index contributed by atoms with van der Waals surface area (Å²) >= 11 is 1.16. The van der Waals surface area contributed by atoms with E-state index in [0.717, 1.165) is 22.7 Å². The fraction of sp³-hybridized carbons (Fsp3) is 0.294. The van der Waals surface area contributed by atoms with Gasteiger partial charge in [0.1, 0.15) is 11.3 Å². The third-order valence-corrected chi connectivity index (χ3v) is 4.60. The van der Waals surface area contributed by atoms with E-state index < -0.39 is 11.8 Å². The fourth-order valence-corrected chi connectivity index (χ4v) is 3.26. The zero-order valence-electron chi connectivity index (χ0n) is 15.4. The van der Waals surface area contributed by atoms with Crippen LogP contribution in [-0.4, -0.2) is 48.6 Å². The molecule has 0 saturated heterocycles. The second kappa shape index (κ2) is 8.67. The number of aryl methyl sites for hydroxylation is 1. The summed E-state index contributed by atoms with van der Waals surface area (Å²) in [6, 6.07) is 0. The Morgan fingerprint density at radius 1 is 1.43 bits per heavy atom. The van der Waals surface area contributed by atoms with Crippen molar-refractivity contribution in [3.63, 3.8) is 0 Å². The number of nitrogens with two attached hydrogens (primary N) is 1. The van der Waals surface area contributed by atoms with E-state index >= 15 is 0 Å². The lowest BCUT2D eigenvalue weighted by molar-refractivity contribution is 0.0997. The van der Waals surface area contributed by atoms with Gasteiger partial charge in [-0.15, -0.1) is 11.3 Å². The first kappa shape index (κ1) is 19.6. The molecule has 0 aromatic carbocycles. The average molecular weight is 404 g/mol. The highest BCUT2D eigenvalue weighted by atomic mass is 32.1. The average Bonchev–Trinajstić information content (AvgIpc) is 3.29. The number of primary amides is 1. The highest BCUT2D eigenvalue weighted by Gasteiger charge is 2.20. The van der Waals surface area contributed by atoms with E-state index in [-0.39, 0.29) is 16.4 Å². The second-order valence-corrected chi connectivity index (χ2v) is 6.99. The van der Waals surface area contributed by atoms with Crippen LogP contribution < -0.4 is 21.7 Å². The van der Waals surface area contributed by atoms with Crippen molar-refractivity contribution in [1.82, 2.24) is 20.6 Å². The summed E-state index contributed by atoms with van der Waals surface area (Å²) in [6.07, 6.45) is 4.99. The van der Waals surface area contributed by atoms with Gasteiger partial charge in [-0.2, -0.15) is 0 Å². The maximum absolute atomic E-state index is 12.5. The van der Waals surface area contributed by atoms with Gasteiger partial charge in [-0.1, -0.05) is 6.08 Å². The summed E-state index contributed by atoms with van der Waals surface area (Å²) in [4.78, 5) is 32.1. The lowest BCUT2D eigenvalue weighted by Crippen LogP contribution is -2.30. The Kier molecular flexibility index (Phi) is 6.06. The van der Waals surface area contributed by atoms with Gasteiger partial charge >= 0.3 is 0 Å². The summed E-state index contributed by atoms with van der Waals surface area (Å²) in [7, 11) is 1.63. The van der Waals surface area contributed by atoms with Crippen LogP contribution in [0.3, 0.4) is 0 Å². The minimum absolute atomic E-state index is 0.0235. The first-order valence-electron chi connectivity index (χ1n) is 8.41. The Morgan fingerprint density at radius 3 is 3.00 bits per heavy atom. The molecule has 1 aliphatic heterocycles. The van der Waals surface area contributed by atoms with E-state index in [4.69, 9.17) is 14.9 Å². The predicted octanol–water partition coefficient (Wildman–Crippen LogP) is 0.855. The van der Waals surface area contributed by atoms with Gasteiger partial charge in [-0.25, -0.2) is 9.97 Å². The molecule has 10 nitrogen and oxygen atoms in total. The monoisotopic (exact) mass is 404 g/mol. The van der Waals surface area contributed by atoms with Crippen molar-refractivity contribution >= 4 is 33.7 Å². The van der Waals surface area contributed by atoms with E-state index in [9.17, 15) is 9.59 Å². The van der Waals surface area contributed by atoms with E-state index in [1.807, 2.05) is 12.2 Å². The maximum atomic E-state index is 12.5. The number of ether oxygens (including phenoxy) is 1. The molecule has 3 heterocycles. The fourth-order valence-electron chi connectivity index (χ4n) is 2.44. The number of aromatic nitrogens is 2. The number of allylic oxidation sites excluding steroid dienone is 2. The van der Waals surface area contributed by atoms with Gasteiger partial charge in [0, 0.05) is 25.8 Å². The van der Waals surface area contributed by atoms with Gasteiger partial charge in [-0.3, -0.25) is 9.59 Å². The van der Waals surface area contributed by atoms with E-state index in [1.165, 1.54) is 6.26 Å². The molecule has 3 rings (SSSR count). The number of nitrogens with zero attached hydrogens (tertiary/aromatic N) is 2. The topological polar surface area (TPSA) is 144 Å². The molecule has 28 heavy (non-hydrogen) atoms. The smallest absolute Gasteiger partial charge is 0.278 e. The highest BCUT2D eigenvalue weighted by Crippen LogP contribution is 2.25. The third kappa shape index (κ3) is 4.56. The number of amides is 2. The van der Waals surface area contributed by atoms with Crippen molar-refractivity contribution in [2.45, 2.75) is 6.92 Å². The molecule has 2 aromatic rings. The molecule has 148 valence electrons. The molecule has 0 radical (unpaired) electrons. The number of hydrogen-bond acceptors (Lipinski definition) is 9. The number of carbonyl (C=O) groups is 2. The van der Waals surface area contributed by atoms with Crippen LogP contribution in [0.1, 0.15) is 31.9 Å². The molecule has 0 fully saturated rings. The normalized spacial score (nSPS) is 13.4. The van der Waals surface area contributed by atoms with Crippen LogP contribution in [0.2, 0.25) is 0 Å². The molecular weight excluding hydrogens is 384 g/mol. The lowest BCUT2D eigenvalue weighted by atomic mass is 10.2. The zero-order chi connectivity index (χ0) is 20.1. The standard InChI is InChI=1S/C17H20N6O4S/c1-9-21-13(14(18)24)17(28-9)23-15(25)11-8-27-16(22-11)10-3-4-19-12(7-10)20-5-6-26-2/h3,7-8,19-20H,4-6H2,1-2H3,(H2,18,24)(H,23,25). The van der Waals surface area contributed by atoms with Gasteiger partial charge in [0.2, 0.25) is 5.89 Å². The van der Waals surface area contributed by atoms with E-state index in [2.05, 4.69) is 25.9 Å². The quantitative estimate of drug-likeness (QED) is 0.474. The molecular formula is C17H20N6O4S. The van der Waals surface area contributed by atoms with Crippen LogP contribution in [0.15, 0.2) is 28.7 Å². The molecule has 5 N–H and O–H groups in total. The van der Waals surface area contributed by atoms with Crippen molar-refractivity contribution in [3.8, 4) is 0 Å². The molecule has 0 saturated carbocycles. The Hall–Kier alpha value is -3.18. The third-order valence-electron chi connectivity index (χ3n) is 3.71. The number of carbonyl (C=O) groups excluding carboxylic acids is 2. The lowest BCUT2D eigenvalue weighted by Gasteiger charge is -2.16. The van der Waals surface area contributed by atoms with Crippen LogP contribution in [0.4, 0.5) is 5.00 Å². The minimum atomic E-state index is -0.709. The second-order valence-electron chi connectivity index (χ2n) is 5.78. The maximum Gasteiger partial charge on any atom is 0.278 e. The largest absolute Gasteiger partial charge is 0.444 e. The molecule has 1 aliphatic rings. The summed E-state index contributed by atoms with van der Waals surface area (Å²) in [5, 5.41) is 9.87. The summed E-state index contributed by atoms with van der Waals surface area (Å²) < 4.78 is 10.5. The van der Waals surface area contributed by atoms with Gasteiger partial charge in [0.05, 0.1) is 17.4 Å². The number of rotatable bonds is 8. The molecule has 0 spiro atoms. The van der Waals surface area contributed by atoms with Crippen molar-refractivity contribution in [2.24, 2.45) is 5.73 Å². The number of oxazole rings is 1. The summed E-state index contributed by atoms with van der Waals surface area (Å²) in [5.41, 5.74) is 6.13. The molecule has 11 heteroatoms. The first-order chi connectivity index (χ1) is 13.5. The Morgan fingerprint density at radius 2 is 2.25 bits per heavy atom. The molecule has 0 bridgehead atoms. The van der Waals surface area contributed by atoms with Crippen LogP contribution in [0.5, 0.6) is 0 Å². The number of anilines is 1. The van der Waals surface area contributed by atoms with Gasteiger partial charge in [0.25, 0.3) is 11.8 Å². The molecule has 0 aliphatic carbocycles.